The second-order valence-corrected chi connectivity index (χ2v) is 4.82. The Kier molecular flexibility index (Phi) is 5.12. The largest absolute Gasteiger partial charge is 0.345 e. The zero-order chi connectivity index (χ0) is 12.0. The summed E-state index contributed by atoms with van der Waals surface area (Å²) < 4.78 is 0. The molecule has 88 valence electrons. The smallest absolute Gasteiger partial charge is 0.310 e. The summed E-state index contributed by atoms with van der Waals surface area (Å²) in [6.45, 7) is -0.135. The molecule has 0 aromatic carbocycles. The first-order valence-corrected chi connectivity index (χ1v) is 6.44. The van der Waals surface area contributed by atoms with Gasteiger partial charge in [-0.15, -0.1) is 0 Å². The van der Waals surface area contributed by atoms with Crippen molar-refractivity contribution in [3.05, 3.63) is 0 Å². The standard InChI is InChI=1S/C10H15N3O2S/c1-16-8-3-2-7(6-8)13-10(15)9(14)12-5-4-11/h7-8H,2-3,5-6H2,1H3,(H,12,14)(H,13,15). The molecule has 0 aliphatic heterocycles. The highest BCUT2D eigenvalue weighted by Crippen LogP contribution is 2.27. The van der Waals surface area contributed by atoms with E-state index in [-0.39, 0.29) is 12.6 Å². The molecule has 1 fully saturated rings. The van der Waals surface area contributed by atoms with Crippen LogP contribution in [-0.4, -0.2) is 35.9 Å². The maximum atomic E-state index is 11.4. The van der Waals surface area contributed by atoms with Crippen LogP contribution in [0.25, 0.3) is 0 Å². The second-order valence-electron chi connectivity index (χ2n) is 3.68. The van der Waals surface area contributed by atoms with Crippen LogP contribution in [0.15, 0.2) is 0 Å². The Balaban J connectivity index is 2.30. The molecule has 5 nitrogen and oxygen atoms in total. The molecule has 16 heavy (non-hydrogen) atoms. The van der Waals surface area contributed by atoms with E-state index in [1.54, 1.807) is 17.8 Å². The summed E-state index contributed by atoms with van der Waals surface area (Å²) in [4.78, 5) is 22.5. The van der Waals surface area contributed by atoms with Crippen molar-refractivity contribution >= 4 is 23.6 Å². The van der Waals surface area contributed by atoms with Crippen LogP contribution in [0.2, 0.25) is 0 Å². The fourth-order valence-corrected chi connectivity index (χ4v) is 2.53. The van der Waals surface area contributed by atoms with Crippen molar-refractivity contribution in [1.29, 1.82) is 5.26 Å². The first kappa shape index (κ1) is 12.8. The topological polar surface area (TPSA) is 82.0 Å². The van der Waals surface area contributed by atoms with Crippen molar-refractivity contribution in [3.63, 3.8) is 0 Å². The van der Waals surface area contributed by atoms with E-state index in [1.165, 1.54) is 0 Å². The summed E-state index contributed by atoms with van der Waals surface area (Å²) >= 11 is 1.79. The number of carbonyl (C=O) groups is 2. The van der Waals surface area contributed by atoms with E-state index in [9.17, 15) is 9.59 Å². The predicted molar refractivity (Wildman–Crippen MR) is 61.7 cm³/mol. The minimum atomic E-state index is -0.728. The maximum absolute atomic E-state index is 11.4. The molecule has 0 saturated heterocycles. The zero-order valence-corrected chi connectivity index (χ0v) is 9.97. The summed E-state index contributed by atoms with van der Waals surface area (Å²) in [6.07, 6.45) is 4.96. The molecule has 0 aromatic rings. The average Bonchev–Trinajstić information content (AvgIpc) is 2.73. The number of rotatable bonds is 3. The third-order valence-electron chi connectivity index (χ3n) is 2.59. The van der Waals surface area contributed by atoms with Crippen LogP contribution in [0, 0.1) is 11.3 Å². The van der Waals surface area contributed by atoms with Gasteiger partial charge in [0.15, 0.2) is 0 Å². The minimum absolute atomic E-state index is 0.0952. The van der Waals surface area contributed by atoms with Gasteiger partial charge in [-0.1, -0.05) is 0 Å². The SMILES string of the molecule is CSC1CCC(NC(=O)C(=O)NCC#N)C1. The van der Waals surface area contributed by atoms with E-state index in [0.717, 1.165) is 19.3 Å². The molecule has 6 heteroatoms. The highest BCUT2D eigenvalue weighted by molar-refractivity contribution is 7.99. The Morgan fingerprint density at radius 2 is 2.19 bits per heavy atom. The molecule has 0 aromatic heterocycles. The molecule has 1 saturated carbocycles. The van der Waals surface area contributed by atoms with Crippen molar-refractivity contribution in [1.82, 2.24) is 10.6 Å². The molecule has 1 aliphatic rings. The van der Waals surface area contributed by atoms with Crippen LogP contribution in [0.5, 0.6) is 0 Å². The van der Waals surface area contributed by atoms with Crippen molar-refractivity contribution in [3.8, 4) is 6.07 Å². The quantitative estimate of drug-likeness (QED) is 0.539. The Morgan fingerprint density at radius 3 is 2.75 bits per heavy atom. The van der Waals surface area contributed by atoms with Crippen LogP contribution in [0.3, 0.4) is 0 Å². The van der Waals surface area contributed by atoms with Crippen molar-refractivity contribution in [2.75, 3.05) is 12.8 Å². The predicted octanol–water partition coefficient (Wildman–Crippen LogP) is 0.0265. The average molecular weight is 241 g/mol. The van der Waals surface area contributed by atoms with Gasteiger partial charge in [0, 0.05) is 11.3 Å². The summed E-state index contributed by atoms with van der Waals surface area (Å²) in [5.74, 6) is -1.36. The number of amides is 2. The number of nitrogens with one attached hydrogen (secondary N) is 2. The third kappa shape index (κ3) is 3.74. The highest BCUT2D eigenvalue weighted by atomic mass is 32.2. The van der Waals surface area contributed by atoms with Gasteiger partial charge in [0.1, 0.15) is 6.54 Å². The molecule has 0 spiro atoms. The Labute approximate surface area is 99.0 Å². The number of thioether (sulfide) groups is 1. The first-order valence-electron chi connectivity index (χ1n) is 5.15. The van der Waals surface area contributed by atoms with Crippen LogP contribution in [0.1, 0.15) is 19.3 Å². The normalized spacial score (nSPS) is 23.5. The first-order chi connectivity index (χ1) is 7.67. The van der Waals surface area contributed by atoms with Crippen LogP contribution < -0.4 is 10.6 Å². The van der Waals surface area contributed by atoms with Crippen molar-refractivity contribution < 1.29 is 9.59 Å². The fourth-order valence-electron chi connectivity index (χ4n) is 1.74. The van der Waals surface area contributed by atoms with Gasteiger partial charge in [0.05, 0.1) is 6.07 Å². The monoisotopic (exact) mass is 241 g/mol. The van der Waals surface area contributed by atoms with Gasteiger partial charge in [-0.3, -0.25) is 9.59 Å². The summed E-state index contributed by atoms with van der Waals surface area (Å²) in [7, 11) is 0. The van der Waals surface area contributed by atoms with Crippen LogP contribution in [0.4, 0.5) is 0 Å². The summed E-state index contributed by atoms with van der Waals surface area (Å²) in [5, 5.41) is 13.7. The molecule has 2 N–H and O–H groups in total. The van der Waals surface area contributed by atoms with E-state index >= 15 is 0 Å². The van der Waals surface area contributed by atoms with E-state index in [0.29, 0.717) is 5.25 Å². The van der Waals surface area contributed by atoms with Crippen molar-refractivity contribution in [2.24, 2.45) is 0 Å². The van der Waals surface area contributed by atoms with Gasteiger partial charge in [-0.05, 0) is 25.5 Å². The molecule has 2 atom stereocenters. The lowest BCUT2D eigenvalue weighted by Crippen LogP contribution is -2.44. The van der Waals surface area contributed by atoms with Gasteiger partial charge in [-0.25, -0.2) is 0 Å². The minimum Gasteiger partial charge on any atom is -0.345 e. The lowest BCUT2D eigenvalue weighted by Gasteiger charge is -2.11. The van der Waals surface area contributed by atoms with Gasteiger partial charge >= 0.3 is 11.8 Å². The molecule has 2 unspecified atom stereocenters. The molecular weight excluding hydrogens is 226 g/mol. The zero-order valence-electron chi connectivity index (χ0n) is 9.16. The Bertz CT molecular complexity index is 314. The molecule has 1 rings (SSSR count). The Morgan fingerprint density at radius 1 is 1.44 bits per heavy atom. The fraction of sp³-hybridized carbons (Fsp3) is 0.700. The van der Waals surface area contributed by atoms with Gasteiger partial charge in [0.2, 0.25) is 0 Å². The number of nitrogens with zero attached hydrogens (tertiary/aromatic N) is 1. The van der Waals surface area contributed by atoms with Crippen molar-refractivity contribution in [2.45, 2.75) is 30.6 Å². The van der Waals surface area contributed by atoms with E-state index < -0.39 is 11.8 Å². The van der Waals surface area contributed by atoms with E-state index in [1.807, 2.05) is 0 Å². The second kappa shape index (κ2) is 6.38. The number of hydrogen-bond donors (Lipinski definition) is 2. The van der Waals surface area contributed by atoms with Crippen LogP contribution >= 0.6 is 11.8 Å². The molecule has 0 radical (unpaired) electrons. The molecule has 2 amide bonds. The van der Waals surface area contributed by atoms with Gasteiger partial charge in [0.25, 0.3) is 0 Å². The van der Waals surface area contributed by atoms with E-state index in [4.69, 9.17) is 5.26 Å². The van der Waals surface area contributed by atoms with Crippen LogP contribution in [-0.2, 0) is 9.59 Å². The third-order valence-corrected chi connectivity index (χ3v) is 3.68. The maximum Gasteiger partial charge on any atom is 0.310 e. The summed E-state index contributed by atoms with van der Waals surface area (Å²) in [5.41, 5.74) is 0. The number of carbonyl (C=O) groups excluding carboxylic acids is 2. The lowest BCUT2D eigenvalue weighted by molar-refractivity contribution is -0.139. The Hall–Kier alpha value is -1.22. The van der Waals surface area contributed by atoms with E-state index in [2.05, 4.69) is 16.9 Å². The number of nitriles is 1. The molecule has 0 heterocycles. The lowest BCUT2D eigenvalue weighted by atomic mass is 10.2. The van der Waals surface area contributed by atoms with Gasteiger partial charge in [-0.2, -0.15) is 17.0 Å². The summed E-state index contributed by atoms with van der Waals surface area (Å²) in [6, 6.07) is 1.84. The highest BCUT2D eigenvalue weighted by Gasteiger charge is 2.26. The molecular formula is C10H15N3O2S. The van der Waals surface area contributed by atoms with Gasteiger partial charge < -0.3 is 10.6 Å². The molecule has 1 aliphatic carbocycles. The number of hydrogen-bond acceptors (Lipinski definition) is 4. The molecule has 0 bridgehead atoms.